The summed E-state index contributed by atoms with van der Waals surface area (Å²) in [6, 6.07) is 4.66. The molecule has 2 N–H and O–H groups in total. The average Bonchev–Trinajstić information content (AvgIpc) is 3.18. The van der Waals surface area contributed by atoms with Crippen molar-refractivity contribution >= 4 is 27.3 Å². The number of hydrogen-bond donors (Lipinski definition) is 1. The van der Waals surface area contributed by atoms with Crippen molar-refractivity contribution in [3.8, 4) is 0 Å². The molecule has 0 saturated heterocycles. The molecule has 9 heteroatoms. The predicted octanol–water partition coefficient (Wildman–Crippen LogP) is 1.59. The van der Waals surface area contributed by atoms with Crippen LogP contribution in [-0.4, -0.2) is 48.1 Å². The molecule has 1 aromatic carbocycles. The average molecular weight is 409 g/mol. The van der Waals surface area contributed by atoms with Gasteiger partial charge in [0.2, 0.25) is 15.9 Å². The number of hydrogen-bond acceptors (Lipinski definition) is 6. The third-order valence-electron chi connectivity index (χ3n) is 4.81. The molecule has 1 amide bonds. The Kier molecular flexibility index (Phi) is 5.95. The van der Waals surface area contributed by atoms with Crippen LogP contribution in [0.1, 0.15) is 29.5 Å². The maximum absolute atomic E-state index is 12.9. The normalized spacial score (nSPS) is 15.6. The summed E-state index contributed by atoms with van der Waals surface area (Å²) in [6.07, 6.45) is 2.94. The number of benzene rings is 1. The molecule has 27 heavy (non-hydrogen) atoms. The van der Waals surface area contributed by atoms with Gasteiger partial charge >= 0.3 is 0 Å². The molecule has 2 heterocycles. The van der Waals surface area contributed by atoms with E-state index in [0.29, 0.717) is 25.9 Å². The third-order valence-corrected chi connectivity index (χ3v) is 7.37. The van der Waals surface area contributed by atoms with Gasteiger partial charge in [0.25, 0.3) is 0 Å². The zero-order valence-electron chi connectivity index (χ0n) is 15.5. The fourth-order valence-electron chi connectivity index (χ4n) is 3.08. The molecular weight excluding hydrogens is 384 g/mol. The Morgan fingerprint density at radius 2 is 2.19 bits per heavy atom. The highest BCUT2D eigenvalue weighted by atomic mass is 32.2. The topological polar surface area (TPSA) is 96.6 Å². The number of amides is 1. The van der Waals surface area contributed by atoms with Crippen LogP contribution >= 0.6 is 11.3 Å². The second-order valence-corrected chi connectivity index (χ2v) is 9.67. The Hall–Kier alpha value is -1.81. The minimum Gasteiger partial charge on any atom is -0.337 e. The van der Waals surface area contributed by atoms with Crippen molar-refractivity contribution < 1.29 is 13.2 Å². The number of nitrogens with zero attached hydrogens (tertiary/aromatic N) is 3. The number of nitrogens with two attached hydrogens (primary N) is 1. The van der Waals surface area contributed by atoms with Crippen molar-refractivity contribution in [3.05, 3.63) is 45.9 Å². The Morgan fingerprint density at radius 1 is 1.41 bits per heavy atom. The first-order chi connectivity index (χ1) is 12.8. The van der Waals surface area contributed by atoms with Gasteiger partial charge in [0, 0.05) is 31.7 Å². The van der Waals surface area contributed by atoms with Crippen LogP contribution in [0.25, 0.3) is 0 Å². The summed E-state index contributed by atoms with van der Waals surface area (Å²) < 4.78 is 27.1. The fraction of sp³-hybridized carbons (Fsp3) is 0.444. The van der Waals surface area contributed by atoms with E-state index in [2.05, 4.69) is 4.98 Å². The molecule has 2 aromatic rings. The zero-order chi connectivity index (χ0) is 19.6. The molecule has 1 aliphatic rings. The van der Waals surface area contributed by atoms with E-state index < -0.39 is 16.1 Å². The van der Waals surface area contributed by atoms with E-state index in [-0.39, 0.29) is 17.3 Å². The van der Waals surface area contributed by atoms with E-state index >= 15 is 0 Å². The van der Waals surface area contributed by atoms with Crippen LogP contribution in [0.15, 0.2) is 34.7 Å². The molecule has 7 nitrogen and oxygen atoms in total. The lowest BCUT2D eigenvalue weighted by atomic mass is 9.99. The lowest BCUT2D eigenvalue weighted by Gasteiger charge is -2.31. The molecule has 0 saturated carbocycles. The van der Waals surface area contributed by atoms with Crippen LogP contribution < -0.4 is 5.73 Å². The minimum atomic E-state index is -3.64. The second-order valence-electron chi connectivity index (χ2n) is 6.64. The summed E-state index contributed by atoms with van der Waals surface area (Å²) in [6.45, 7) is 3.10. The number of fused-ring (bicyclic) bond motifs is 1. The molecule has 1 atom stereocenters. The summed E-state index contributed by atoms with van der Waals surface area (Å²) in [5, 5.41) is 2.56. The van der Waals surface area contributed by atoms with Crippen molar-refractivity contribution in [3.63, 3.8) is 0 Å². The van der Waals surface area contributed by atoms with Crippen LogP contribution in [0, 0.1) is 0 Å². The predicted molar refractivity (Wildman–Crippen MR) is 105 cm³/mol. The summed E-state index contributed by atoms with van der Waals surface area (Å²) >= 11 is 1.42. The molecule has 0 fully saturated rings. The van der Waals surface area contributed by atoms with Crippen LogP contribution in [0.2, 0.25) is 0 Å². The number of sulfonamides is 1. The first kappa shape index (κ1) is 19.9. The Morgan fingerprint density at radius 3 is 2.85 bits per heavy atom. The Balaban J connectivity index is 1.82. The minimum absolute atomic E-state index is 0.0858. The second kappa shape index (κ2) is 8.05. The maximum atomic E-state index is 12.9. The summed E-state index contributed by atoms with van der Waals surface area (Å²) in [7, 11) is -2.09. The molecule has 0 aliphatic carbocycles. The number of thiazole rings is 1. The quantitative estimate of drug-likeness (QED) is 0.783. The molecule has 1 aromatic heterocycles. The fourth-order valence-corrected chi connectivity index (χ4v) is 5.01. The lowest BCUT2D eigenvalue weighted by molar-refractivity contribution is -0.133. The van der Waals surface area contributed by atoms with Gasteiger partial charge in [-0.2, -0.15) is 4.31 Å². The van der Waals surface area contributed by atoms with Gasteiger partial charge in [-0.1, -0.05) is 13.0 Å². The molecular formula is C18H24N4O3S2. The SMILES string of the molecule is CC[C@H](N)C(=O)N1CCc2ccc(S(=O)(=O)N(C)Cc3nccs3)cc2C1. The summed E-state index contributed by atoms with van der Waals surface area (Å²) in [5.74, 6) is -0.0858. The molecule has 146 valence electrons. The van der Waals surface area contributed by atoms with Gasteiger partial charge in [-0.3, -0.25) is 4.79 Å². The molecule has 3 rings (SSSR count). The monoisotopic (exact) mass is 408 g/mol. The molecule has 0 spiro atoms. The van der Waals surface area contributed by atoms with Crippen LogP contribution in [-0.2, 0) is 34.3 Å². The van der Waals surface area contributed by atoms with Crippen LogP contribution in [0.3, 0.4) is 0 Å². The lowest BCUT2D eigenvalue weighted by Crippen LogP contribution is -2.45. The Labute approximate surface area is 163 Å². The molecule has 0 unspecified atom stereocenters. The Bertz CT molecular complexity index is 913. The summed E-state index contributed by atoms with van der Waals surface area (Å²) in [5.41, 5.74) is 7.81. The number of rotatable bonds is 6. The number of carbonyl (C=O) groups is 1. The third kappa shape index (κ3) is 4.21. The highest BCUT2D eigenvalue weighted by Gasteiger charge is 2.27. The van der Waals surface area contributed by atoms with Gasteiger partial charge in [0.05, 0.1) is 17.5 Å². The van der Waals surface area contributed by atoms with Crippen molar-refractivity contribution in [1.82, 2.24) is 14.2 Å². The van der Waals surface area contributed by atoms with E-state index in [1.54, 1.807) is 30.3 Å². The largest absolute Gasteiger partial charge is 0.337 e. The highest BCUT2D eigenvalue weighted by Crippen LogP contribution is 2.25. The van der Waals surface area contributed by atoms with Gasteiger partial charge in [0.15, 0.2) is 0 Å². The molecule has 1 aliphatic heterocycles. The van der Waals surface area contributed by atoms with Crippen molar-refractivity contribution in [2.75, 3.05) is 13.6 Å². The van der Waals surface area contributed by atoms with Gasteiger partial charge in [-0.25, -0.2) is 13.4 Å². The van der Waals surface area contributed by atoms with Gasteiger partial charge < -0.3 is 10.6 Å². The van der Waals surface area contributed by atoms with Gasteiger partial charge in [-0.05, 0) is 36.1 Å². The maximum Gasteiger partial charge on any atom is 0.243 e. The van der Waals surface area contributed by atoms with Gasteiger partial charge in [0.1, 0.15) is 5.01 Å². The van der Waals surface area contributed by atoms with E-state index in [0.717, 1.165) is 16.1 Å². The van der Waals surface area contributed by atoms with Crippen molar-refractivity contribution in [1.29, 1.82) is 0 Å². The molecule has 0 radical (unpaired) electrons. The zero-order valence-corrected chi connectivity index (χ0v) is 17.1. The van der Waals surface area contributed by atoms with Crippen LogP contribution in [0.4, 0.5) is 0 Å². The van der Waals surface area contributed by atoms with E-state index in [1.165, 1.54) is 15.6 Å². The van der Waals surface area contributed by atoms with E-state index in [1.807, 2.05) is 18.4 Å². The highest BCUT2D eigenvalue weighted by molar-refractivity contribution is 7.89. The van der Waals surface area contributed by atoms with Crippen molar-refractivity contribution in [2.24, 2.45) is 5.73 Å². The van der Waals surface area contributed by atoms with Gasteiger partial charge in [-0.15, -0.1) is 11.3 Å². The van der Waals surface area contributed by atoms with E-state index in [4.69, 9.17) is 5.73 Å². The van der Waals surface area contributed by atoms with Crippen LogP contribution in [0.5, 0.6) is 0 Å². The summed E-state index contributed by atoms with van der Waals surface area (Å²) in [4.78, 5) is 18.5. The standard InChI is InChI=1S/C18H24N4O3S2/c1-3-16(19)18(23)22-8-6-13-4-5-15(10-14(13)11-22)27(24,25)21(2)12-17-20-7-9-26-17/h4-5,7,9-10,16H,3,6,8,11-12,19H2,1-2H3/t16-/m0/s1. The molecule has 0 bridgehead atoms. The van der Waals surface area contributed by atoms with E-state index in [9.17, 15) is 13.2 Å². The number of aromatic nitrogens is 1. The number of carbonyl (C=O) groups excluding carboxylic acids is 1. The first-order valence-corrected chi connectivity index (χ1v) is 11.2. The van der Waals surface area contributed by atoms with Crippen molar-refractivity contribution in [2.45, 2.75) is 43.8 Å². The first-order valence-electron chi connectivity index (χ1n) is 8.83. The smallest absolute Gasteiger partial charge is 0.243 e.